The van der Waals surface area contributed by atoms with Gasteiger partial charge in [-0.3, -0.25) is 9.59 Å². The number of nitrogens with zero attached hydrogens (tertiary/aromatic N) is 1. The fourth-order valence-electron chi connectivity index (χ4n) is 3.59. The van der Waals surface area contributed by atoms with Gasteiger partial charge in [-0.1, -0.05) is 38.1 Å². The van der Waals surface area contributed by atoms with Crippen molar-refractivity contribution in [1.29, 1.82) is 0 Å². The van der Waals surface area contributed by atoms with Gasteiger partial charge in [0.1, 0.15) is 23.9 Å². The van der Waals surface area contributed by atoms with Crippen LogP contribution in [0.25, 0.3) is 5.76 Å². The summed E-state index contributed by atoms with van der Waals surface area (Å²) in [5, 5.41) is 11.0. The maximum Gasteiger partial charge on any atom is 0.295 e. The van der Waals surface area contributed by atoms with E-state index in [1.165, 1.54) is 0 Å². The van der Waals surface area contributed by atoms with E-state index in [-0.39, 0.29) is 11.3 Å². The van der Waals surface area contributed by atoms with E-state index in [1.807, 2.05) is 19.1 Å². The third-order valence-corrected chi connectivity index (χ3v) is 5.22. The molecule has 1 atom stereocenters. The number of amides is 1. The molecular formula is C25H27NO5. The Labute approximate surface area is 182 Å². The number of rotatable bonds is 9. The Hall–Kier alpha value is -3.54. The van der Waals surface area contributed by atoms with Crippen molar-refractivity contribution >= 4 is 17.4 Å². The normalized spacial score (nSPS) is 17.6. The van der Waals surface area contributed by atoms with E-state index in [0.29, 0.717) is 30.2 Å². The van der Waals surface area contributed by atoms with Gasteiger partial charge in [-0.2, -0.15) is 0 Å². The van der Waals surface area contributed by atoms with E-state index < -0.39 is 17.7 Å². The van der Waals surface area contributed by atoms with E-state index in [0.717, 1.165) is 18.4 Å². The number of Topliss-reactive ketones (excluding diaryl/α,β-unsaturated/α-hetero) is 1. The predicted molar refractivity (Wildman–Crippen MR) is 119 cm³/mol. The van der Waals surface area contributed by atoms with Crippen LogP contribution >= 0.6 is 0 Å². The third-order valence-electron chi connectivity index (χ3n) is 5.22. The number of likely N-dealkylation sites (tertiary alicyclic amines) is 1. The zero-order valence-corrected chi connectivity index (χ0v) is 17.8. The molecule has 0 aromatic heterocycles. The second-order valence-corrected chi connectivity index (χ2v) is 7.24. The van der Waals surface area contributed by atoms with E-state index >= 15 is 0 Å². The maximum absolute atomic E-state index is 12.9. The van der Waals surface area contributed by atoms with Gasteiger partial charge < -0.3 is 19.5 Å². The van der Waals surface area contributed by atoms with Gasteiger partial charge in [0, 0.05) is 12.1 Å². The van der Waals surface area contributed by atoms with E-state index in [4.69, 9.17) is 9.47 Å². The standard InChI is InChI=1S/C25H27NO5/c1-4-6-15-26-22(17-7-11-19(30-3)12-8-17)21(24(28)25(26)29)23(27)18-9-13-20(14-10-18)31-16-5-2/h5,7-14,22,27H,2,4,6,15-16H2,1,3H3/b23-21+. The van der Waals surface area contributed by atoms with Crippen molar-refractivity contribution in [1.82, 2.24) is 4.90 Å². The van der Waals surface area contributed by atoms with Crippen LogP contribution in [0.3, 0.4) is 0 Å². The molecule has 1 saturated heterocycles. The van der Waals surface area contributed by atoms with Crippen LogP contribution in [-0.2, 0) is 9.59 Å². The van der Waals surface area contributed by atoms with Crippen LogP contribution in [0.15, 0.2) is 66.8 Å². The number of ether oxygens (including phenoxy) is 2. The SMILES string of the molecule is C=CCOc1ccc(/C(O)=C2\C(=O)C(=O)N(CCCC)C2c2ccc(OC)cc2)cc1. The number of benzene rings is 2. The summed E-state index contributed by atoms with van der Waals surface area (Å²) in [5.41, 5.74) is 1.27. The zero-order chi connectivity index (χ0) is 22.4. The number of unbranched alkanes of at least 4 members (excludes halogenated alkanes) is 1. The molecule has 0 bridgehead atoms. The highest BCUT2D eigenvalue weighted by Gasteiger charge is 2.45. The lowest BCUT2D eigenvalue weighted by Gasteiger charge is -2.25. The summed E-state index contributed by atoms with van der Waals surface area (Å²) in [4.78, 5) is 27.3. The number of carbonyl (C=O) groups excluding carboxylic acids is 2. The van der Waals surface area contributed by atoms with Gasteiger partial charge in [0.15, 0.2) is 0 Å². The van der Waals surface area contributed by atoms with Gasteiger partial charge >= 0.3 is 0 Å². The monoisotopic (exact) mass is 421 g/mol. The number of aliphatic hydroxyl groups excluding tert-OH is 1. The summed E-state index contributed by atoms with van der Waals surface area (Å²) < 4.78 is 10.7. The van der Waals surface area contributed by atoms with Gasteiger partial charge in [-0.15, -0.1) is 0 Å². The first kappa shape index (κ1) is 22.2. The highest BCUT2D eigenvalue weighted by atomic mass is 16.5. The number of hydrogen-bond donors (Lipinski definition) is 1. The molecular weight excluding hydrogens is 394 g/mol. The first-order chi connectivity index (χ1) is 15.0. The minimum atomic E-state index is -0.679. The fourth-order valence-corrected chi connectivity index (χ4v) is 3.59. The first-order valence-electron chi connectivity index (χ1n) is 10.3. The summed E-state index contributed by atoms with van der Waals surface area (Å²) in [7, 11) is 1.57. The average Bonchev–Trinajstić information content (AvgIpc) is 3.06. The predicted octanol–water partition coefficient (Wildman–Crippen LogP) is 4.48. The number of hydrogen-bond acceptors (Lipinski definition) is 5. The summed E-state index contributed by atoms with van der Waals surface area (Å²) in [6.45, 7) is 6.43. The number of ketones is 1. The Morgan fingerprint density at radius 3 is 2.32 bits per heavy atom. The van der Waals surface area contributed by atoms with Crippen molar-refractivity contribution in [2.24, 2.45) is 0 Å². The lowest BCUT2D eigenvalue weighted by molar-refractivity contribution is -0.139. The van der Waals surface area contributed by atoms with Gasteiger partial charge in [0.2, 0.25) is 0 Å². The van der Waals surface area contributed by atoms with Gasteiger partial charge in [0.25, 0.3) is 11.7 Å². The van der Waals surface area contributed by atoms with Crippen LogP contribution in [0.1, 0.15) is 36.9 Å². The van der Waals surface area contributed by atoms with Crippen molar-refractivity contribution in [3.8, 4) is 11.5 Å². The molecule has 2 aromatic rings. The number of carbonyl (C=O) groups is 2. The highest BCUT2D eigenvalue weighted by Crippen LogP contribution is 2.40. The average molecular weight is 421 g/mol. The molecule has 0 aliphatic carbocycles. The van der Waals surface area contributed by atoms with Crippen molar-refractivity contribution < 1.29 is 24.2 Å². The smallest absolute Gasteiger partial charge is 0.295 e. The molecule has 0 radical (unpaired) electrons. The Morgan fingerprint density at radius 1 is 1.10 bits per heavy atom. The molecule has 6 nitrogen and oxygen atoms in total. The molecule has 1 unspecified atom stereocenters. The van der Waals surface area contributed by atoms with E-state index in [1.54, 1.807) is 54.5 Å². The Kier molecular flexibility index (Phi) is 7.13. The van der Waals surface area contributed by atoms with Crippen molar-refractivity contribution in [2.45, 2.75) is 25.8 Å². The Morgan fingerprint density at radius 2 is 1.74 bits per heavy atom. The minimum absolute atomic E-state index is 0.0889. The molecule has 6 heteroatoms. The molecule has 1 aliphatic rings. The molecule has 1 fully saturated rings. The topological polar surface area (TPSA) is 76.1 Å². The molecule has 2 aromatic carbocycles. The first-order valence-corrected chi connectivity index (χ1v) is 10.3. The van der Waals surface area contributed by atoms with Gasteiger partial charge in [-0.25, -0.2) is 0 Å². The summed E-state index contributed by atoms with van der Waals surface area (Å²) >= 11 is 0. The largest absolute Gasteiger partial charge is 0.507 e. The molecule has 1 aliphatic heterocycles. The van der Waals surface area contributed by atoms with E-state index in [2.05, 4.69) is 6.58 Å². The maximum atomic E-state index is 12.9. The van der Waals surface area contributed by atoms with E-state index in [9.17, 15) is 14.7 Å². The van der Waals surface area contributed by atoms with Crippen molar-refractivity contribution in [2.75, 3.05) is 20.3 Å². The molecule has 1 N–H and O–H groups in total. The Balaban J connectivity index is 2.05. The molecule has 0 saturated carbocycles. The van der Waals surface area contributed by atoms with Crippen LogP contribution in [-0.4, -0.2) is 42.0 Å². The van der Waals surface area contributed by atoms with Gasteiger partial charge in [-0.05, 0) is 48.4 Å². The number of methoxy groups -OCH3 is 1. The lowest BCUT2D eigenvalue weighted by Crippen LogP contribution is -2.30. The van der Waals surface area contributed by atoms with Crippen LogP contribution in [0.5, 0.6) is 11.5 Å². The van der Waals surface area contributed by atoms with Crippen LogP contribution in [0.4, 0.5) is 0 Å². The van der Waals surface area contributed by atoms with Crippen LogP contribution < -0.4 is 9.47 Å². The van der Waals surface area contributed by atoms with Gasteiger partial charge in [0.05, 0.1) is 18.7 Å². The van der Waals surface area contributed by atoms with Crippen molar-refractivity contribution in [3.63, 3.8) is 0 Å². The molecule has 0 spiro atoms. The molecule has 1 amide bonds. The fraction of sp³-hybridized carbons (Fsp3) is 0.280. The Bertz CT molecular complexity index is 976. The minimum Gasteiger partial charge on any atom is -0.507 e. The zero-order valence-electron chi connectivity index (χ0n) is 17.8. The second kappa shape index (κ2) is 9.98. The lowest BCUT2D eigenvalue weighted by atomic mass is 9.95. The number of aliphatic hydroxyl groups is 1. The molecule has 1 heterocycles. The van der Waals surface area contributed by atoms with Crippen LogP contribution in [0, 0.1) is 0 Å². The third kappa shape index (κ3) is 4.63. The summed E-state index contributed by atoms with van der Waals surface area (Å²) in [6, 6.07) is 13.3. The van der Waals surface area contributed by atoms with Crippen molar-refractivity contribution in [3.05, 3.63) is 77.9 Å². The second-order valence-electron chi connectivity index (χ2n) is 7.24. The molecule has 31 heavy (non-hydrogen) atoms. The summed E-state index contributed by atoms with van der Waals surface area (Å²) in [6.07, 6.45) is 3.28. The molecule has 3 rings (SSSR count). The van der Waals surface area contributed by atoms with Crippen LogP contribution in [0.2, 0.25) is 0 Å². The molecule has 162 valence electrons. The quantitative estimate of drug-likeness (QED) is 0.280. The highest BCUT2D eigenvalue weighted by molar-refractivity contribution is 6.46. The summed E-state index contributed by atoms with van der Waals surface area (Å²) in [5.74, 6) is -0.187.